The molecule has 22 heavy (non-hydrogen) atoms. The number of unbranched alkanes of at least 4 members (excludes halogenated alkanes) is 2. The average Bonchev–Trinajstić information content (AvgIpc) is 2.87. The van der Waals surface area contributed by atoms with Gasteiger partial charge in [0, 0.05) is 17.9 Å². The molecule has 0 amide bonds. The first-order valence-corrected chi connectivity index (χ1v) is 8.12. The molecule has 0 aromatic carbocycles. The minimum atomic E-state index is 0.119. The topological polar surface area (TPSA) is 34.1 Å². The third kappa shape index (κ3) is 7.16. The predicted molar refractivity (Wildman–Crippen MR) is 92.6 cm³/mol. The number of hydrogen-bond donors (Lipinski definition) is 0. The van der Waals surface area contributed by atoms with Gasteiger partial charge in [-0.05, 0) is 38.2 Å². The molecule has 1 rings (SSSR count). The highest BCUT2D eigenvalue weighted by Gasteiger charge is 2.20. The largest absolute Gasteiger partial charge is 0.303 e. The molecule has 0 heterocycles. The van der Waals surface area contributed by atoms with E-state index in [1.807, 2.05) is 18.2 Å². The zero-order chi connectivity index (χ0) is 16.0. The molecule has 1 aliphatic carbocycles. The fourth-order valence-corrected chi connectivity index (χ4v) is 2.27. The van der Waals surface area contributed by atoms with E-state index in [2.05, 4.69) is 37.3 Å². The summed E-state index contributed by atoms with van der Waals surface area (Å²) in [7, 11) is 0. The number of rotatable bonds is 10. The summed E-state index contributed by atoms with van der Waals surface area (Å²) >= 11 is 0. The summed E-state index contributed by atoms with van der Waals surface area (Å²) in [5.74, 6) is 0.304. The van der Waals surface area contributed by atoms with E-state index in [1.54, 1.807) is 6.08 Å². The van der Waals surface area contributed by atoms with Crippen molar-refractivity contribution in [2.24, 2.45) is 5.92 Å². The van der Waals surface area contributed by atoms with Crippen LogP contribution in [-0.2, 0) is 9.59 Å². The molecule has 0 saturated heterocycles. The SMILES string of the molecule is CC/C=C\C/C=C/C=C1/C(=O)C=C[C@@H]1C/C=C\CCCC=O. The Kier molecular flexibility index (Phi) is 9.60. The molecule has 0 saturated carbocycles. The molecule has 1 atom stereocenters. The van der Waals surface area contributed by atoms with Crippen LogP contribution < -0.4 is 0 Å². The van der Waals surface area contributed by atoms with E-state index in [4.69, 9.17) is 0 Å². The second-order valence-electron chi connectivity index (χ2n) is 5.30. The fourth-order valence-electron chi connectivity index (χ4n) is 2.27. The number of hydrogen-bond acceptors (Lipinski definition) is 2. The average molecular weight is 298 g/mol. The summed E-state index contributed by atoms with van der Waals surface area (Å²) in [6.07, 6.45) is 24.3. The maximum Gasteiger partial charge on any atom is 0.182 e. The zero-order valence-corrected chi connectivity index (χ0v) is 13.4. The normalized spacial score (nSPS) is 20.3. The van der Waals surface area contributed by atoms with Crippen molar-refractivity contribution >= 4 is 12.1 Å². The summed E-state index contributed by atoms with van der Waals surface area (Å²) in [5, 5.41) is 0. The van der Waals surface area contributed by atoms with Gasteiger partial charge in [0.2, 0.25) is 0 Å². The zero-order valence-electron chi connectivity index (χ0n) is 13.4. The summed E-state index contributed by atoms with van der Waals surface area (Å²) in [6.45, 7) is 2.11. The van der Waals surface area contributed by atoms with E-state index in [9.17, 15) is 9.59 Å². The Morgan fingerprint density at radius 2 is 1.95 bits per heavy atom. The van der Waals surface area contributed by atoms with E-state index < -0.39 is 0 Å². The van der Waals surface area contributed by atoms with Gasteiger partial charge in [0.15, 0.2) is 5.78 Å². The summed E-state index contributed by atoms with van der Waals surface area (Å²) in [6, 6.07) is 0. The van der Waals surface area contributed by atoms with Gasteiger partial charge in [-0.2, -0.15) is 0 Å². The minimum Gasteiger partial charge on any atom is -0.303 e. The Bertz CT molecular complexity index is 490. The van der Waals surface area contributed by atoms with Gasteiger partial charge in [0.05, 0.1) is 0 Å². The Labute approximate surface area is 134 Å². The van der Waals surface area contributed by atoms with Gasteiger partial charge in [0.1, 0.15) is 6.29 Å². The summed E-state index contributed by atoms with van der Waals surface area (Å²) < 4.78 is 0. The van der Waals surface area contributed by atoms with Gasteiger partial charge in [-0.25, -0.2) is 0 Å². The molecule has 2 nitrogen and oxygen atoms in total. The van der Waals surface area contributed by atoms with Crippen molar-refractivity contribution in [2.45, 2.75) is 45.4 Å². The number of allylic oxidation sites excluding steroid dienone is 10. The predicted octanol–water partition coefficient (Wildman–Crippen LogP) is 4.90. The van der Waals surface area contributed by atoms with Crippen LogP contribution in [0.4, 0.5) is 0 Å². The first kappa shape index (κ1) is 18.1. The van der Waals surface area contributed by atoms with Crippen LogP contribution in [0.5, 0.6) is 0 Å². The maximum absolute atomic E-state index is 11.9. The first-order valence-electron chi connectivity index (χ1n) is 8.12. The van der Waals surface area contributed by atoms with Crippen LogP contribution in [0.15, 0.2) is 60.3 Å². The lowest BCUT2D eigenvalue weighted by molar-refractivity contribution is -0.111. The summed E-state index contributed by atoms with van der Waals surface area (Å²) in [5.41, 5.74) is 0.869. The van der Waals surface area contributed by atoms with Crippen LogP contribution in [-0.4, -0.2) is 12.1 Å². The van der Waals surface area contributed by atoms with E-state index >= 15 is 0 Å². The van der Waals surface area contributed by atoms with E-state index in [1.165, 1.54) is 0 Å². The van der Waals surface area contributed by atoms with Gasteiger partial charge in [-0.3, -0.25) is 4.79 Å². The van der Waals surface area contributed by atoms with Gasteiger partial charge < -0.3 is 4.79 Å². The first-order chi connectivity index (χ1) is 10.8. The van der Waals surface area contributed by atoms with Gasteiger partial charge in [0.25, 0.3) is 0 Å². The molecule has 0 aliphatic heterocycles. The van der Waals surface area contributed by atoms with Gasteiger partial charge >= 0.3 is 0 Å². The number of carbonyl (C=O) groups excluding carboxylic acids is 2. The molecule has 0 aromatic rings. The van der Waals surface area contributed by atoms with Crippen molar-refractivity contribution in [3.05, 3.63) is 60.3 Å². The highest BCUT2D eigenvalue weighted by molar-refractivity contribution is 6.07. The van der Waals surface area contributed by atoms with Crippen LogP contribution in [0, 0.1) is 5.92 Å². The van der Waals surface area contributed by atoms with Crippen molar-refractivity contribution in [2.75, 3.05) is 0 Å². The third-order valence-electron chi connectivity index (χ3n) is 3.50. The van der Waals surface area contributed by atoms with Crippen LogP contribution in [0.1, 0.15) is 45.4 Å². The van der Waals surface area contributed by atoms with Crippen molar-refractivity contribution in [1.82, 2.24) is 0 Å². The molecule has 2 heteroatoms. The lowest BCUT2D eigenvalue weighted by atomic mass is 9.97. The Morgan fingerprint density at radius 3 is 2.73 bits per heavy atom. The standard InChI is InChI=1S/C20H26O2/c1-2-3-4-5-8-11-14-19-18(15-16-20(19)22)13-10-7-6-9-12-17-21/h3-4,7-8,10-11,14-18H,2,5-6,9,12-13H2,1H3/b4-3-,10-7-,11-8+,19-14+/t18-/m0/s1. The van der Waals surface area contributed by atoms with Crippen LogP contribution >= 0.6 is 0 Å². The van der Waals surface area contributed by atoms with Crippen molar-refractivity contribution in [3.63, 3.8) is 0 Å². The molecule has 0 radical (unpaired) electrons. The van der Waals surface area contributed by atoms with Crippen LogP contribution in [0.2, 0.25) is 0 Å². The molecular formula is C20H26O2. The third-order valence-corrected chi connectivity index (χ3v) is 3.50. The molecule has 118 valence electrons. The Balaban J connectivity index is 2.44. The summed E-state index contributed by atoms with van der Waals surface area (Å²) in [4.78, 5) is 22.1. The monoisotopic (exact) mass is 298 g/mol. The smallest absolute Gasteiger partial charge is 0.182 e. The number of carbonyl (C=O) groups is 2. The quantitative estimate of drug-likeness (QED) is 0.249. The highest BCUT2D eigenvalue weighted by atomic mass is 16.1. The van der Waals surface area contributed by atoms with Gasteiger partial charge in [-0.15, -0.1) is 0 Å². The number of ketones is 1. The van der Waals surface area contributed by atoms with E-state index in [0.717, 1.165) is 44.0 Å². The Hall–Kier alpha value is -1.96. The molecule has 0 N–H and O–H groups in total. The molecule has 0 aromatic heterocycles. The molecule has 0 spiro atoms. The van der Waals surface area contributed by atoms with Gasteiger partial charge in [-0.1, -0.05) is 55.5 Å². The minimum absolute atomic E-state index is 0.119. The van der Waals surface area contributed by atoms with Crippen molar-refractivity contribution < 1.29 is 9.59 Å². The fraction of sp³-hybridized carbons (Fsp3) is 0.400. The van der Waals surface area contributed by atoms with Crippen LogP contribution in [0.3, 0.4) is 0 Å². The maximum atomic E-state index is 11.9. The second kappa shape index (κ2) is 11.7. The molecule has 0 fully saturated rings. The molecule has 0 unspecified atom stereocenters. The second-order valence-corrected chi connectivity index (χ2v) is 5.30. The lowest BCUT2D eigenvalue weighted by Crippen LogP contribution is -2.01. The van der Waals surface area contributed by atoms with Crippen molar-refractivity contribution in [1.29, 1.82) is 0 Å². The van der Waals surface area contributed by atoms with E-state index in [-0.39, 0.29) is 11.7 Å². The van der Waals surface area contributed by atoms with E-state index in [0.29, 0.717) is 6.42 Å². The lowest BCUT2D eigenvalue weighted by Gasteiger charge is -2.06. The molecule has 0 bridgehead atoms. The highest BCUT2D eigenvalue weighted by Crippen LogP contribution is 2.25. The van der Waals surface area contributed by atoms with Crippen molar-refractivity contribution in [3.8, 4) is 0 Å². The van der Waals surface area contributed by atoms with Crippen LogP contribution in [0.25, 0.3) is 0 Å². The molecule has 1 aliphatic rings. The number of aldehydes is 1. The molecular weight excluding hydrogens is 272 g/mol. The Morgan fingerprint density at radius 1 is 1.09 bits per heavy atom.